The average Bonchev–Trinajstić information content (AvgIpc) is 2.93. The lowest BCUT2D eigenvalue weighted by Gasteiger charge is -2.30. The van der Waals surface area contributed by atoms with Crippen LogP contribution in [0.4, 0.5) is 5.69 Å². The summed E-state index contributed by atoms with van der Waals surface area (Å²) in [7, 11) is 0. The van der Waals surface area contributed by atoms with E-state index in [1.165, 1.54) is 26.2 Å². The summed E-state index contributed by atoms with van der Waals surface area (Å²) in [5.74, 6) is 1.18. The van der Waals surface area contributed by atoms with Crippen molar-refractivity contribution in [3.05, 3.63) is 58.6 Å². The van der Waals surface area contributed by atoms with Gasteiger partial charge in [0, 0.05) is 28.3 Å². The van der Waals surface area contributed by atoms with Gasteiger partial charge in [0.25, 0.3) is 0 Å². The van der Waals surface area contributed by atoms with Gasteiger partial charge >= 0.3 is 0 Å². The molecule has 8 heteroatoms. The summed E-state index contributed by atoms with van der Waals surface area (Å²) >= 11 is 5.20. The molecule has 1 amide bonds. The van der Waals surface area contributed by atoms with Crippen molar-refractivity contribution in [2.75, 3.05) is 10.7 Å². The van der Waals surface area contributed by atoms with E-state index in [1.807, 2.05) is 48.5 Å². The van der Waals surface area contributed by atoms with Gasteiger partial charge in [-0.2, -0.15) is 4.98 Å². The number of hydrogen-bond acceptors (Lipinski definition) is 6. The standard InChI is InChI=1S/C24H25BrN4O2S/c1-3-4-5-10-15-32-24-26-22-21(27-28-24)18-12-7-9-14-20(18)29(16(2)30)23(31-22)17-11-6-8-13-19(17)25/h6-9,11-14,23H,3-5,10,15H2,1-2H3. The molecule has 32 heavy (non-hydrogen) atoms. The van der Waals surface area contributed by atoms with Crippen molar-refractivity contribution in [1.29, 1.82) is 0 Å². The van der Waals surface area contributed by atoms with Crippen LogP contribution in [0.1, 0.15) is 51.3 Å². The van der Waals surface area contributed by atoms with Gasteiger partial charge in [-0.1, -0.05) is 90.3 Å². The summed E-state index contributed by atoms with van der Waals surface area (Å²) in [6, 6.07) is 15.4. The van der Waals surface area contributed by atoms with Crippen LogP contribution in [-0.4, -0.2) is 26.8 Å². The molecule has 1 unspecified atom stereocenters. The molecular weight excluding hydrogens is 488 g/mol. The molecule has 0 radical (unpaired) electrons. The van der Waals surface area contributed by atoms with Crippen LogP contribution < -0.4 is 9.64 Å². The molecule has 0 saturated heterocycles. The zero-order valence-corrected chi connectivity index (χ0v) is 20.5. The molecule has 2 heterocycles. The summed E-state index contributed by atoms with van der Waals surface area (Å²) in [4.78, 5) is 19.2. The summed E-state index contributed by atoms with van der Waals surface area (Å²) in [6.07, 6.45) is 4.06. The molecule has 1 aliphatic heterocycles. The monoisotopic (exact) mass is 512 g/mol. The van der Waals surface area contributed by atoms with Gasteiger partial charge in [-0.05, 0) is 18.6 Å². The number of hydrogen-bond donors (Lipinski definition) is 0. The highest BCUT2D eigenvalue weighted by Crippen LogP contribution is 2.44. The minimum absolute atomic E-state index is 0.135. The Bertz CT molecular complexity index is 1110. The highest BCUT2D eigenvalue weighted by molar-refractivity contribution is 9.10. The minimum atomic E-state index is -0.690. The van der Waals surface area contributed by atoms with Crippen LogP contribution >= 0.6 is 27.7 Å². The molecule has 0 saturated carbocycles. The molecule has 6 nitrogen and oxygen atoms in total. The molecule has 0 N–H and O–H groups in total. The largest absolute Gasteiger partial charge is 0.447 e. The summed E-state index contributed by atoms with van der Waals surface area (Å²) in [5.41, 5.74) is 2.86. The van der Waals surface area contributed by atoms with Gasteiger partial charge < -0.3 is 4.74 Å². The molecule has 1 atom stereocenters. The van der Waals surface area contributed by atoms with Crippen LogP contribution in [0.25, 0.3) is 11.3 Å². The number of rotatable bonds is 7. The van der Waals surface area contributed by atoms with Gasteiger partial charge in [0.2, 0.25) is 23.2 Å². The molecule has 0 aliphatic carbocycles. The molecule has 3 aromatic rings. The fourth-order valence-electron chi connectivity index (χ4n) is 3.68. The predicted molar refractivity (Wildman–Crippen MR) is 131 cm³/mol. The van der Waals surface area contributed by atoms with Gasteiger partial charge in [-0.15, -0.1) is 10.2 Å². The van der Waals surface area contributed by atoms with Crippen LogP contribution in [-0.2, 0) is 4.79 Å². The van der Waals surface area contributed by atoms with Crippen molar-refractivity contribution >= 4 is 39.3 Å². The van der Waals surface area contributed by atoms with Crippen molar-refractivity contribution in [1.82, 2.24) is 15.2 Å². The second kappa shape index (κ2) is 10.4. The number of ether oxygens (including phenoxy) is 1. The van der Waals surface area contributed by atoms with Gasteiger partial charge in [0.05, 0.1) is 5.69 Å². The molecule has 0 fully saturated rings. The van der Waals surface area contributed by atoms with E-state index in [4.69, 9.17) is 9.72 Å². The molecule has 4 rings (SSSR count). The number of fused-ring (bicyclic) bond motifs is 3. The highest BCUT2D eigenvalue weighted by atomic mass is 79.9. The topological polar surface area (TPSA) is 68.2 Å². The normalized spacial score (nSPS) is 14.8. The molecule has 2 aromatic carbocycles. The van der Waals surface area contributed by atoms with E-state index < -0.39 is 6.23 Å². The second-order valence-corrected chi connectivity index (χ2v) is 9.47. The summed E-state index contributed by atoms with van der Waals surface area (Å²) < 4.78 is 7.27. The molecule has 0 spiro atoms. The first-order chi connectivity index (χ1) is 15.6. The molecular formula is C24H25BrN4O2S. The number of unbranched alkanes of at least 4 members (excludes halogenated alkanes) is 3. The van der Waals surface area contributed by atoms with E-state index in [0.717, 1.165) is 33.5 Å². The Hall–Kier alpha value is -2.45. The first-order valence-corrected chi connectivity index (χ1v) is 12.6. The van der Waals surface area contributed by atoms with Crippen LogP contribution in [0.3, 0.4) is 0 Å². The number of amides is 1. The third-order valence-electron chi connectivity index (χ3n) is 5.25. The van der Waals surface area contributed by atoms with Gasteiger partial charge in [-0.25, -0.2) is 0 Å². The van der Waals surface area contributed by atoms with Gasteiger partial charge in [0.1, 0.15) is 0 Å². The van der Waals surface area contributed by atoms with Crippen molar-refractivity contribution in [3.8, 4) is 17.1 Å². The average molecular weight is 513 g/mol. The lowest BCUT2D eigenvalue weighted by atomic mass is 10.1. The first kappa shape index (κ1) is 22.7. The number of benzene rings is 2. The number of nitrogens with zero attached hydrogens (tertiary/aromatic N) is 4. The quantitative estimate of drug-likeness (QED) is 0.268. The Morgan fingerprint density at radius 1 is 1.09 bits per heavy atom. The number of aromatic nitrogens is 3. The van der Waals surface area contributed by atoms with Crippen LogP contribution in [0.15, 0.2) is 58.2 Å². The van der Waals surface area contributed by atoms with Crippen LogP contribution in [0.2, 0.25) is 0 Å². The number of anilines is 1. The van der Waals surface area contributed by atoms with Crippen molar-refractivity contribution < 1.29 is 9.53 Å². The number of carbonyl (C=O) groups is 1. The Kier molecular flexibility index (Phi) is 7.42. The maximum Gasteiger partial charge on any atom is 0.247 e. The van der Waals surface area contributed by atoms with E-state index in [0.29, 0.717) is 16.7 Å². The maximum absolute atomic E-state index is 12.8. The molecule has 0 bridgehead atoms. The van der Waals surface area contributed by atoms with E-state index >= 15 is 0 Å². The first-order valence-electron chi connectivity index (χ1n) is 10.8. The highest BCUT2D eigenvalue weighted by Gasteiger charge is 2.35. The second-order valence-electron chi connectivity index (χ2n) is 7.56. The van der Waals surface area contributed by atoms with Crippen molar-refractivity contribution in [2.45, 2.75) is 50.9 Å². The van der Waals surface area contributed by atoms with Crippen molar-refractivity contribution in [3.63, 3.8) is 0 Å². The molecule has 1 aromatic heterocycles. The number of carbonyl (C=O) groups excluding carboxylic acids is 1. The van der Waals surface area contributed by atoms with Crippen molar-refractivity contribution in [2.24, 2.45) is 0 Å². The van der Waals surface area contributed by atoms with Crippen LogP contribution in [0.5, 0.6) is 5.88 Å². The molecule has 1 aliphatic rings. The van der Waals surface area contributed by atoms with E-state index in [9.17, 15) is 4.79 Å². The zero-order chi connectivity index (χ0) is 22.5. The van der Waals surface area contributed by atoms with E-state index in [1.54, 1.807) is 16.7 Å². The Morgan fingerprint density at radius 2 is 1.88 bits per heavy atom. The lowest BCUT2D eigenvalue weighted by Crippen LogP contribution is -2.36. The molecule has 166 valence electrons. The van der Waals surface area contributed by atoms with Gasteiger partial charge in [-0.3, -0.25) is 9.69 Å². The zero-order valence-electron chi connectivity index (χ0n) is 18.1. The number of thioether (sulfide) groups is 1. The number of halogens is 1. The Labute approximate surface area is 200 Å². The van der Waals surface area contributed by atoms with E-state index in [-0.39, 0.29) is 5.91 Å². The number of para-hydroxylation sites is 1. The summed E-state index contributed by atoms with van der Waals surface area (Å²) in [5, 5.41) is 9.40. The Balaban J connectivity index is 1.76. The lowest BCUT2D eigenvalue weighted by molar-refractivity contribution is -0.118. The fraction of sp³-hybridized carbons (Fsp3) is 0.333. The maximum atomic E-state index is 12.8. The smallest absolute Gasteiger partial charge is 0.247 e. The third-order valence-corrected chi connectivity index (χ3v) is 6.90. The predicted octanol–water partition coefficient (Wildman–Crippen LogP) is 6.42. The third kappa shape index (κ3) is 4.81. The van der Waals surface area contributed by atoms with Crippen LogP contribution in [0, 0.1) is 0 Å². The Morgan fingerprint density at radius 3 is 2.66 bits per heavy atom. The summed E-state index contributed by atoms with van der Waals surface area (Å²) in [6.45, 7) is 3.74. The fourth-order valence-corrected chi connectivity index (χ4v) is 4.94. The van der Waals surface area contributed by atoms with E-state index in [2.05, 4.69) is 33.1 Å². The van der Waals surface area contributed by atoms with Gasteiger partial charge in [0.15, 0.2) is 5.69 Å². The SMILES string of the molecule is CCCCCCSc1nnc2c(n1)OC(c1ccccc1Br)N(C(C)=O)c1ccccc1-2. The minimum Gasteiger partial charge on any atom is -0.447 e.